The number of ether oxygens (including phenoxy) is 1. The Balaban J connectivity index is 1.88. The van der Waals surface area contributed by atoms with Crippen LogP contribution in [0.3, 0.4) is 0 Å². The maximum atomic E-state index is 12.2. The van der Waals surface area contributed by atoms with Gasteiger partial charge in [-0.15, -0.1) is 11.8 Å². The monoisotopic (exact) mass is 357 g/mol. The predicted octanol–water partition coefficient (Wildman–Crippen LogP) is 3.55. The van der Waals surface area contributed by atoms with E-state index in [1.54, 1.807) is 24.3 Å². The number of Topliss-reactive ketones (excluding diaryl/α,β-unsaturated/α-hetero) is 1. The van der Waals surface area contributed by atoms with Gasteiger partial charge in [-0.2, -0.15) is 0 Å². The number of nitrogens with one attached hydrogen (secondary N) is 1. The van der Waals surface area contributed by atoms with E-state index >= 15 is 0 Å². The van der Waals surface area contributed by atoms with Crippen LogP contribution in [-0.2, 0) is 14.3 Å². The maximum absolute atomic E-state index is 12.2. The fourth-order valence-electron chi connectivity index (χ4n) is 2.08. The van der Waals surface area contributed by atoms with Crippen molar-refractivity contribution in [1.82, 2.24) is 0 Å². The number of anilines is 1. The van der Waals surface area contributed by atoms with Crippen LogP contribution in [0, 0.1) is 0 Å². The number of amides is 1. The van der Waals surface area contributed by atoms with Gasteiger partial charge in [-0.05, 0) is 38.1 Å². The highest BCUT2D eigenvalue weighted by Gasteiger charge is 2.19. The number of thioether (sulfide) groups is 1. The number of carbonyl (C=O) groups is 3. The third-order valence-electron chi connectivity index (χ3n) is 3.34. The highest BCUT2D eigenvalue weighted by molar-refractivity contribution is 8.00. The summed E-state index contributed by atoms with van der Waals surface area (Å²) in [6.07, 6.45) is -0.955. The molecule has 1 N–H and O–H groups in total. The van der Waals surface area contributed by atoms with Crippen molar-refractivity contribution in [2.45, 2.75) is 24.8 Å². The van der Waals surface area contributed by atoms with Gasteiger partial charge < -0.3 is 10.1 Å². The largest absolute Gasteiger partial charge is 0.452 e. The van der Waals surface area contributed by atoms with Crippen molar-refractivity contribution >= 4 is 35.1 Å². The fraction of sp³-hybridized carbons (Fsp3) is 0.211. The quantitative estimate of drug-likeness (QED) is 0.466. The first-order chi connectivity index (χ1) is 12.0. The van der Waals surface area contributed by atoms with Crippen LogP contribution in [0.4, 0.5) is 5.69 Å². The molecule has 0 unspecified atom stereocenters. The number of para-hydroxylation sites is 1. The summed E-state index contributed by atoms with van der Waals surface area (Å²) >= 11 is 1.34. The number of hydrogen-bond acceptors (Lipinski definition) is 5. The highest BCUT2D eigenvalue weighted by atomic mass is 32.2. The number of carbonyl (C=O) groups excluding carboxylic acids is 3. The van der Waals surface area contributed by atoms with Crippen molar-refractivity contribution in [3.63, 3.8) is 0 Å². The number of ketones is 1. The summed E-state index contributed by atoms with van der Waals surface area (Å²) in [6, 6.07) is 16.2. The first-order valence-corrected chi connectivity index (χ1v) is 8.74. The molecule has 130 valence electrons. The topological polar surface area (TPSA) is 72.5 Å². The van der Waals surface area contributed by atoms with E-state index in [4.69, 9.17) is 4.74 Å². The molecule has 0 aliphatic carbocycles. The number of benzene rings is 2. The Hall–Kier alpha value is -2.60. The zero-order valence-corrected chi connectivity index (χ0v) is 14.8. The van der Waals surface area contributed by atoms with Gasteiger partial charge in [0.2, 0.25) is 0 Å². The second-order valence-corrected chi connectivity index (χ2v) is 6.37. The summed E-state index contributed by atoms with van der Waals surface area (Å²) in [7, 11) is 0. The van der Waals surface area contributed by atoms with Crippen molar-refractivity contribution in [1.29, 1.82) is 0 Å². The molecule has 0 aliphatic rings. The first-order valence-electron chi connectivity index (χ1n) is 7.75. The van der Waals surface area contributed by atoms with E-state index < -0.39 is 18.0 Å². The molecule has 0 saturated carbocycles. The molecule has 0 bridgehead atoms. The van der Waals surface area contributed by atoms with Crippen LogP contribution < -0.4 is 5.32 Å². The van der Waals surface area contributed by atoms with Gasteiger partial charge in [0.15, 0.2) is 11.9 Å². The van der Waals surface area contributed by atoms with Gasteiger partial charge in [-0.25, -0.2) is 0 Å². The molecule has 1 amide bonds. The van der Waals surface area contributed by atoms with E-state index in [2.05, 4.69) is 5.32 Å². The molecular formula is C19H19NO4S. The van der Waals surface area contributed by atoms with E-state index in [-0.39, 0.29) is 11.5 Å². The van der Waals surface area contributed by atoms with Crippen LogP contribution in [0.5, 0.6) is 0 Å². The van der Waals surface area contributed by atoms with Gasteiger partial charge in [-0.3, -0.25) is 14.4 Å². The van der Waals surface area contributed by atoms with Crippen LogP contribution in [0.15, 0.2) is 59.5 Å². The fourth-order valence-corrected chi connectivity index (χ4v) is 2.78. The Morgan fingerprint density at radius 1 is 1.04 bits per heavy atom. The molecule has 1 atom stereocenters. The molecule has 0 saturated heterocycles. The minimum atomic E-state index is -0.955. The average Bonchev–Trinajstić information content (AvgIpc) is 2.61. The predicted molar refractivity (Wildman–Crippen MR) is 97.8 cm³/mol. The molecule has 5 nitrogen and oxygen atoms in total. The minimum Gasteiger partial charge on any atom is -0.452 e. The summed E-state index contributed by atoms with van der Waals surface area (Å²) in [5, 5.41) is 2.63. The standard InChI is InChI=1S/C19H19NO4S/c1-13(21)16-10-6-7-11-17(16)20-19(23)14(2)24-18(22)12-25-15-8-4-3-5-9-15/h3-11,14H,12H2,1-2H3,(H,20,23)/t14-/m1/s1. The van der Waals surface area contributed by atoms with Gasteiger partial charge in [0.25, 0.3) is 5.91 Å². The Morgan fingerprint density at radius 2 is 1.68 bits per heavy atom. The summed E-state index contributed by atoms with van der Waals surface area (Å²) < 4.78 is 5.15. The second kappa shape index (κ2) is 9.03. The summed E-state index contributed by atoms with van der Waals surface area (Å²) in [5.74, 6) is -0.992. The van der Waals surface area contributed by atoms with Crippen LogP contribution >= 0.6 is 11.8 Å². The van der Waals surface area contributed by atoms with Gasteiger partial charge in [0.05, 0.1) is 11.4 Å². The molecule has 0 spiro atoms. The molecule has 0 heterocycles. The van der Waals surface area contributed by atoms with Crippen LogP contribution in [-0.4, -0.2) is 29.5 Å². The van der Waals surface area contributed by atoms with E-state index in [0.29, 0.717) is 11.3 Å². The molecular weight excluding hydrogens is 338 g/mol. The zero-order chi connectivity index (χ0) is 18.2. The molecule has 2 aromatic rings. The lowest BCUT2D eigenvalue weighted by atomic mass is 10.1. The van der Waals surface area contributed by atoms with Crippen molar-refractivity contribution in [2.75, 3.05) is 11.1 Å². The van der Waals surface area contributed by atoms with Crippen molar-refractivity contribution < 1.29 is 19.1 Å². The van der Waals surface area contributed by atoms with Gasteiger partial charge >= 0.3 is 5.97 Å². The lowest BCUT2D eigenvalue weighted by molar-refractivity contribution is -0.150. The van der Waals surface area contributed by atoms with Gasteiger partial charge in [0.1, 0.15) is 0 Å². The molecule has 2 rings (SSSR count). The second-order valence-electron chi connectivity index (χ2n) is 5.32. The SMILES string of the molecule is CC(=O)c1ccccc1NC(=O)[C@@H](C)OC(=O)CSc1ccccc1. The molecule has 0 radical (unpaired) electrons. The molecule has 0 aliphatic heterocycles. The number of rotatable bonds is 7. The molecule has 2 aromatic carbocycles. The van der Waals surface area contributed by atoms with Crippen LogP contribution in [0.25, 0.3) is 0 Å². The average molecular weight is 357 g/mol. The van der Waals surface area contributed by atoms with E-state index in [9.17, 15) is 14.4 Å². The van der Waals surface area contributed by atoms with Crippen molar-refractivity contribution in [3.05, 3.63) is 60.2 Å². The number of hydrogen-bond donors (Lipinski definition) is 1. The lowest BCUT2D eigenvalue weighted by Gasteiger charge is -2.15. The molecule has 25 heavy (non-hydrogen) atoms. The Morgan fingerprint density at radius 3 is 2.36 bits per heavy atom. The van der Waals surface area contributed by atoms with Crippen molar-refractivity contribution in [2.24, 2.45) is 0 Å². The van der Waals surface area contributed by atoms with Gasteiger partial charge in [0, 0.05) is 10.5 Å². The lowest BCUT2D eigenvalue weighted by Crippen LogP contribution is -2.31. The zero-order valence-electron chi connectivity index (χ0n) is 14.0. The summed E-state index contributed by atoms with van der Waals surface area (Å²) in [6.45, 7) is 2.92. The minimum absolute atomic E-state index is 0.117. The Labute approximate surface area is 150 Å². The van der Waals surface area contributed by atoms with E-state index in [0.717, 1.165) is 4.90 Å². The molecule has 6 heteroatoms. The maximum Gasteiger partial charge on any atom is 0.317 e. The molecule has 0 aromatic heterocycles. The van der Waals surface area contributed by atoms with E-state index in [1.165, 1.54) is 25.6 Å². The smallest absolute Gasteiger partial charge is 0.317 e. The summed E-state index contributed by atoms with van der Waals surface area (Å²) in [5.41, 5.74) is 0.815. The Kier molecular flexibility index (Phi) is 6.77. The normalized spacial score (nSPS) is 11.4. The first kappa shape index (κ1) is 18.7. The van der Waals surface area contributed by atoms with Gasteiger partial charge in [-0.1, -0.05) is 30.3 Å². The third-order valence-corrected chi connectivity index (χ3v) is 4.33. The third kappa shape index (κ3) is 5.76. The summed E-state index contributed by atoms with van der Waals surface area (Å²) in [4.78, 5) is 36.6. The molecule has 0 fully saturated rings. The van der Waals surface area contributed by atoms with E-state index in [1.807, 2.05) is 30.3 Å². The van der Waals surface area contributed by atoms with Crippen LogP contribution in [0.2, 0.25) is 0 Å². The number of esters is 1. The van der Waals surface area contributed by atoms with Crippen molar-refractivity contribution in [3.8, 4) is 0 Å². The Bertz CT molecular complexity index is 761. The highest BCUT2D eigenvalue weighted by Crippen LogP contribution is 2.18. The van der Waals surface area contributed by atoms with Crippen LogP contribution in [0.1, 0.15) is 24.2 Å².